The summed E-state index contributed by atoms with van der Waals surface area (Å²) in [5, 5.41) is 12.5. The molecular weight excluding hydrogens is 248 g/mol. The Bertz CT molecular complexity index is 348. The Labute approximate surface area is 113 Å². The maximum atomic E-state index is 12.5. The van der Waals surface area contributed by atoms with Gasteiger partial charge in [0, 0.05) is 12.6 Å². The van der Waals surface area contributed by atoms with Gasteiger partial charge in [0.1, 0.15) is 6.04 Å². The van der Waals surface area contributed by atoms with Gasteiger partial charge < -0.3 is 20.1 Å². The normalized spacial score (nSPS) is 30.8. The minimum Gasteiger partial charge on any atom is -0.480 e. The van der Waals surface area contributed by atoms with Gasteiger partial charge in [-0.15, -0.1) is 0 Å². The summed E-state index contributed by atoms with van der Waals surface area (Å²) < 4.78 is 5.39. The minimum atomic E-state index is -0.900. The fourth-order valence-corrected chi connectivity index (χ4v) is 2.83. The highest BCUT2D eigenvalue weighted by atomic mass is 16.5. The molecule has 2 fully saturated rings. The standard InChI is InChI=1S/C13H22N2O4/c1-2-5-14-10-8-19-7-9(10)12(16)15-6-3-4-11(15)13(17)18/h9-11,14H,2-8H2,1H3,(H,17,18). The van der Waals surface area contributed by atoms with Crippen molar-refractivity contribution in [1.82, 2.24) is 10.2 Å². The van der Waals surface area contributed by atoms with E-state index in [0.717, 1.165) is 19.4 Å². The fraction of sp³-hybridized carbons (Fsp3) is 0.846. The maximum Gasteiger partial charge on any atom is 0.326 e. The Kier molecular flexibility index (Phi) is 4.76. The van der Waals surface area contributed by atoms with Crippen molar-refractivity contribution < 1.29 is 19.4 Å². The smallest absolute Gasteiger partial charge is 0.326 e. The number of carbonyl (C=O) groups excluding carboxylic acids is 1. The molecule has 1 amide bonds. The second-order valence-electron chi connectivity index (χ2n) is 5.23. The van der Waals surface area contributed by atoms with Gasteiger partial charge in [-0.1, -0.05) is 6.92 Å². The molecule has 2 aliphatic heterocycles. The lowest BCUT2D eigenvalue weighted by Crippen LogP contribution is -2.49. The van der Waals surface area contributed by atoms with Gasteiger partial charge in [0.15, 0.2) is 0 Å². The van der Waals surface area contributed by atoms with E-state index in [2.05, 4.69) is 12.2 Å². The molecule has 2 rings (SSSR count). The number of carboxylic acid groups (broad SMARTS) is 1. The zero-order chi connectivity index (χ0) is 13.8. The van der Waals surface area contributed by atoms with E-state index < -0.39 is 12.0 Å². The van der Waals surface area contributed by atoms with Crippen molar-refractivity contribution in [2.45, 2.75) is 38.3 Å². The number of carboxylic acids is 1. The summed E-state index contributed by atoms with van der Waals surface area (Å²) in [5.74, 6) is -1.22. The summed E-state index contributed by atoms with van der Waals surface area (Å²) in [5.41, 5.74) is 0. The molecule has 19 heavy (non-hydrogen) atoms. The van der Waals surface area contributed by atoms with Gasteiger partial charge in [0.05, 0.1) is 19.1 Å². The van der Waals surface area contributed by atoms with Crippen molar-refractivity contribution >= 4 is 11.9 Å². The number of rotatable bonds is 5. The van der Waals surface area contributed by atoms with Crippen molar-refractivity contribution in [3.63, 3.8) is 0 Å². The molecule has 0 aromatic rings. The van der Waals surface area contributed by atoms with E-state index >= 15 is 0 Å². The first-order chi connectivity index (χ1) is 9.15. The molecule has 0 radical (unpaired) electrons. The van der Waals surface area contributed by atoms with Crippen molar-refractivity contribution in [3.8, 4) is 0 Å². The number of aliphatic carboxylic acids is 1. The lowest BCUT2D eigenvalue weighted by atomic mass is 10.0. The molecule has 6 nitrogen and oxygen atoms in total. The first-order valence-corrected chi connectivity index (χ1v) is 6.99. The van der Waals surface area contributed by atoms with Gasteiger partial charge in [-0.05, 0) is 25.8 Å². The van der Waals surface area contributed by atoms with Gasteiger partial charge in [0.25, 0.3) is 0 Å². The highest BCUT2D eigenvalue weighted by Crippen LogP contribution is 2.24. The van der Waals surface area contributed by atoms with Crippen LogP contribution in [0, 0.1) is 5.92 Å². The Balaban J connectivity index is 1.99. The number of nitrogens with zero attached hydrogens (tertiary/aromatic N) is 1. The Morgan fingerprint density at radius 2 is 2.21 bits per heavy atom. The Hall–Kier alpha value is -1.14. The van der Waals surface area contributed by atoms with Crippen LogP contribution in [0.25, 0.3) is 0 Å². The van der Waals surface area contributed by atoms with Crippen LogP contribution in [0.1, 0.15) is 26.2 Å². The van der Waals surface area contributed by atoms with E-state index in [0.29, 0.717) is 26.2 Å². The molecule has 0 bridgehead atoms. The lowest BCUT2D eigenvalue weighted by Gasteiger charge is -2.27. The summed E-state index contributed by atoms with van der Waals surface area (Å²) in [6.07, 6.45) is 2.32. The number of likely N-dealkylation sites (tertiary alicyclic amines) is 1. The van der Waals surface area contributed by atoms with Crippen LogP contribution in [0.15, 0.2) is 0 Å². The average molecular weight is 270 g/mol. The van der Waals surface area contributed by atoms with Crippen molar-refractivity contribution in [2.75, 3.05) is 26.3 Å². The SMILES string of the molecule is CCCNC1COCC1C(=O)N1CCCC1C(=O)O. The lowest BCUT2D eigenvalue weighted by molar-refractivity contribution is -0.150. The highest BCUT2D eigenvalue weighted by molar-refractivity contribution is 5.86. The second kappa shape index (κ2) is 6.34. The molecule has 0 saturated carbocycles. The van der Waals surface area contributed by atoms with Crippen LogP contribution >= 0.6 is 0 Å². The number of amides is 1. The van der Waals surface area contributed by atoms with E-state index in [1.165, 1.54) is 4.90 Å². The summed E-state index contributed by atoms with van der Waals surface area (Å²) >= 11 is 0. The zero-order valence-corrected chi connectivity index (χ0v) is 11.3. The molecule has 0 spiro atoms. The monoisotopic (exact) mass is 270 g/mol. The Morgan fingerprint density at radius 1 is 1.42 bits per heavy atom. The van der Waals surface area contributed by atoms with E-state index in [4.69, 9.17) is 9.84 Å². The predicted octanol–water partition coefficient (Wildman–Crippen LogP) is 0.0766. The van der Waals surface area contributed by atoms with Crippen LogP contribution in [0.2, 0.25) is 0 Å². The number of nitrogens with one attached hydrogen (secondary N) is 1. The number of hydrogen-bond donors (Lipinski definition) is 2. The quantitative estimate of drug-likeness (QED) is 0.739. The number of ether oxygens (including phenoxy) is 1. The van der Waals surface area contributed by atoms with Gasteiger partial charge >= 0.3 is 5.97 Å². The topological polar surface area (TPSA) is 78.9 Å². The maximum absolute atomic E-state index is 12.5. The third kappa shape index (κ3) is 3.06. The summed E-state index contributed by atoms with van der Waals surface area (Å²) in [6.45, 7) is 4.39. The number of carbonyl (C=O) groups is 2. The third-order valence-electron chi connectivity index (χ3n) is 3.88. The minimum absolute atomic E-state index is 0.0162. The molecule has 0 aliphatic carbocycles. The first kappa shape index (κ1) is 14.3. The van der Waals surface area contributed by atoms with E-state index in [9.17, 15) is 9.59 Å². The van der Waals surface area contributed by atoms with Crippen molar-refractivity contribution in [2.24, 2.45) is 5.92 Å². The first-order valence-electron chi connectivity index (χ1n) is 6.99. The molecule has 2 N–H and O–H groups in total. The van der Waals surface area contributed by atoms with Crippen LogP contribution in [0.5, 0.6) is 0 Å². The Morgan fingerprint density at radius 3 is 2.89 bits per heavy atom. The molecule has 2 saturated heterocycles. The molecule has 3 atom stereocenters. The van der Waals surface area contributed by atoms with E-state index in [1.54, 1.807) is 0 Å². The largest absolute Gasteiger partial charge is 0.480 e. The molecule has 2 heterocycles. The fourth-order valence-electron chi connectivity index (χ4n) is 2.83. The molecule has 0 aromatic heterocycles. The summed E-state index contributed by atoms with van der Waals surface area (Å²) in [6, 6.07) is -0.637. The van der Waals surface area contributed by atoms with Gasteiger partial charge in [-0.25, -0.2) is 4.79 Å². The highest BCUT2D eigenvalue weighted by Gasteiger charge is 2.41. The van der Waals surface area contributed by atoms with Crippen molar-refractivity contribution in [1.29, 1.82) is 0 Å². The molecule has 0 aromatic carbocycles. The summed E-state index contributed by atoms with van der Waals surface area (Å²) in [4.78, 5) is 25.1. The van der Waals surface area contributed by atoms with Gasteiger partial charge in [0.2, 0.25) is 5.91 Å². The van der Waals surface area contributed by atoms with Gasteiger partial charge in [-0.3, -0.25) is 4.79 Å². The van der Waals surface area contributed by atoms with Crippen LogP contribution < -0.4 is 5.32 Å². The molecule has 2 aliphatic rings. The second-order valence-corrected chi connectivity index (χ2v) is 5.23. The van der Waals surface area contributed by atoms with Crippen LogP contribution in [0.3, 0.4) is 0 Å². The molecular formula is C13H22N2O4. The molecule has 3 unspecified atom stereocenters. The van der Waals surface area contributed by atoms with Crippen LogP contribution in [-0.4, -0.2) is 60.3 Å². The summed E-state index contributed by atoms with van der Waals surface area (Å²) in [7, 11) is 0. The number of hydrogen-bond acceptors (Lipinski definition) is 4. The van der Waals surface area contributed by atoms with Crippen LogP contribution in [0.4, 0.5) is 0 Å². The third-order valence-corrected chi connectivity index (χ3v) is 3.88. The zero-order valence-electron chi connectivity index (χ0n) is 11.3. The van der Waals surface area contributed by atoms with E-state index in [1.807, 2.05) is 0 Å². The predicted molar refractivity (Wildman–Crippen MR) is 68.8 cm³/mol. The van der Waals surface area contributed by atoms with Crippen molar-refractivity contribution in [3.05, 3.63) is 0 Å². The van der Waals surface area contributed by atoms with Gasteiger partial charge in [-0.2, -0.15) is 0 Å². The van der Waals surface area contributed by atoms with Crippen LogP contribution in [-0.2, 0) is 14.3 Å². The van der Waals surface area contributed by atoms with E-state index in [-0.39, 0.29) is 17.9 Å². The molecule has 6 heteroatoms. The molecule has 108 valence electrons. The average Bonchev–Trinajstić information content (AvgIpc) is 3.04.